The third kappa shape index (κ3) is 2.53. The largest absolute Gasteiger partial charge is 0.362 e. The van der Waals surface area contributed by atoms with E-state index in [2.05, 4.69) is 38.2 Å². The van der Waals surface area contributed by atoms with Gasteiger partial charge >= 0.3 is 0 Å². The van der Waals surface area contributed by atoms with Crippen molar-refractivity contribution in [1.29, 1.82) is 0 Å². The zero-order chi connectivity index (χ0) is 13.1. The molecule has 3 rings (SSSR count). The Morgan fingerprint density at radius 3 is 2.79 bits per heavy atom. The van der Waals surface area contributed by atoms with Crippen molar-refractivity contribution < 1.29 is 0 Å². The van der Waals surface area contributed by atoms with Gasteiger partial charge in [0.1, 0.15) is 22.8 Å². The van der Waals surface area contributed by atoms with Gasteiger partial charge in [0.15, 0.2) is 0 Å². The molecule has 5 nitrogen and oxygen atoms in total. The summed E-state index contributed by atoms with van der Waals surface area (Å²) in [5.41, 5.74) is 0. The Morgan fingerprint density at radius 1 is 1.16 bits per heavy atom. The lowest BCUT2D eigenvalue weighted by molar-refractivity contribution is 0.941. The van der Waals surface area contributed by atoms with E-state index >= 15 is 0 Å². The Hall–Kier alpha value is -2.08. The van der Waals surface area contributed by atoms with Crippen LogP contribution in [-0.4, -0.2) is 19.9 Å². The van der Waals surface area contributed by atoms with Crippen LogP contribution in [0.15, 0.2) is 30.9 Å². The van der Waals surface area contributed by atoms with Crippen LogP contribution in [0.1, 0.15) is 17.6 Å². The summed E-state index contributed by atoms with van der Waals surface area (Å²) in [6, 6.07) is 3.95. The summed E-state index contributed by atoms with van der Waals surface area (Å²) in [5, 5.41) is 4.34. The van der Waals surface area contributed by atoms with Crippen LogP contribution in [0.4, 0.5) is 5.82 Å². The number of rotatable bonds is 4. The molecule has 0 bridgehead atoms. The number of aryl methyl sites for hydroxylation is 1. The van der Waals surface area contributed by atoms with Crippen LogP contribution in [0, 0.1) is 0 Å². The molecule has 0 fully saturated rings. The molecule has 0 spiro atoms. The molecule has 3 heterocycles. The van der Waals surface area contributed by atoms with Crippen LogP contribution in [0.25, 0.3) is 10.2 Å². The van der Waals surface area contributed by atoms with E-state index in [1.54, 1.807) is 36.1 Å². The molecule has 0 saturated carbocycles. The van der Waals surface area contributed by atoms with Gasteiger partial charge in [-0.05, 0) is 18.6 Å². The molecule has 1 N–H and O–H groups in total. The van der Waals surface area contributed by atoms with Crippen molar-refractivity contribution in [2.45, 2.75) is 19.9 Å². The predicted octanol–water partition coefficient (Wildman–Crippen LogP) is 2.66. The number of nitrogens with one attached hydrogen (secondary N) is 1. The third-order valence-corrected chi connectivity index (χ3v) is 3.95. The Morgan fingerprint density at radius 2 is 2.00 bits per heavy atom. The molecule has 0 aliphatic heterocycles. The lowest BCUT2D eigenvalue weighted by Gasteiger charge is -2.04. The van der Waals surface area contributed by atoms with Crippen molar-refractivity contribution in [2.75, 3.05) is 5.32 Å². The Bertz CT molecular complexity index is 680. The zero-order valence-electron chi connectivity index (χ0n) is 10.5. The highest BCUT2D eigenvalue weighted by molar-refractivity contribution is 7.18. The molecular formula is C13H13N5S. The molecule has 6 heteroatoms. The summed E-state index contributed by atoms with van der Waals surface area (Å²) < 4.78 is 0. The summed E-state index contributed by atoms with van der Waals surface area (Å²) in [6.45, 7) is 2.70. The second-order valence-corrected chi connectivity index (χ2v) is 5.14. The van der Waals surface area contributed by atoms with Crippen molar-refractivity contribution >= 4 is 27.4 Å². The molecule has 0 saturated heterocycles. The van der Waals surface area contributed by atoms with Gasteiger partial charge in [-0.3, -0.25) is 0 Å². The molecule has 3 aromatic rings. The first kappa shape index (κ1) is 12.0. The summed E-state index contributed by atoms with van der Waals surface area (Å²) in [5.74, 6) is 1.59. The van der Waals surface area contributed by atoms with Crippen molar-refractivity contribution in [3.8, 4) is 0 Å². The lowest BCUT2D eigenvalue weighted by atomic mass is 10.3. The summed E-state index contributed by atoms with van der Waals surface area (Å²) in [7, 11) is 0. The van der Waals surface area contributed by atoms with Gasteiger partial charge in [0.25, 0.3) is 0 Å². The minimum absolute atomic E-state index is 0.560. The predicted molar refractivity (Wildman–Crippen MR) is 76.2 cm³/mol. The van der Waals surface area contributed by atoms with E-state index in [1.807, 2.05) is 0 Å². The van der Waals surface area contributed by atoms with Crippen LogP contribution >= 0.6 is 11.3 Å². The molecular weight excluding hydrogens is 258 g/mol. The monoisotopic (exact) mass is 271 g/mol. The first-order valence-electron chi connectivity index (χ1n) is 6.10. The van der Waals surface area contributed by atoms with Crippen molar-refractivity contribution in [1.82, 2.24) is 19.9 Å². The molecule has 0 aliphatic carbocycles. The van der Waals surface area contributed by atoms with Crippen LogP contribution < -0.4 is 5.32 Å². The Balaban J connectivity index is 1.86. The van der Waals surface area contributed by atoms with E-state index in [9.17, 15) is 0 Å². The Labute approximate surface area is 114 Å². The number of hydrogen-bond donors (Lipinski definition) is 1. The maximum Gasteiger partial charge on any atom is 0.147 e. The van der Waals surface area contributed by atoms with Gasteiger partial charge in [0.05, 0.1) is 11.9 Å². The smallest absolute Gasteiger partial charge is 0.147 e. The molecule has 96 valence electrons. The van der Waals surface area contributed by atoms with Crippen molar-refractivity contribution in [3.05, 3.63) is 41.6 Å². The first-order chi connectivity index (χ1) is 9.36. The number of thiophene rings is 1. The van der Waals surface area contributed by atoms with Crippen LogP contribution in [0.2, 0.25) is 0 Å². The van der Waals surface area contributed by atoms with Gasteiger partial charge < -0.3 is 5.32 Å². The van der Waals surface area contributed by atoms with E-state index in [1.165, 1.54) is 4.88 Å². The molecule has 19 heavy (non-hydrogen) atoms. The number of aromatic nitrogens is 4. The van der Waals surface area contributed by atoms with E-state index in [-0.39, 0.29) is 0 Å². The maximum absolute atomic E-state index is 4.30. The molecule has 0 radical (unpaired) electrons. The standard InChI is InChI=1S/C13H13N5S/c1-2-9-6-10-12(17-8-18-13(10)19-9)16-7-11-14-4-3-5-15-11/h3-6,8H,2,7H2,1H3,(H,16,17,18). The van der Waals surface area contributed by atoms with E-state index in [4.69, 9.17) is 0 Å². The minimum atomic E-state index is 0.560. The fraction of sp³-hybridized carbons (Fsp3) is 0.231. The third-order valence-electron chi connectivity index (χ3n) is 2.76. The highest BCUT2D eigenvalue weighted by atomic mass is 32.1. The van der Waals surface area contributed by atoms with Crippen LogP contribution in [0.5, 0.6) is 0 Å². The highest BCUT2D eigenvalue weighted by Gasteiger charge is 2.07. The van der Waals surface area contributed by atoms with Gasteiger partial charge in [-0.1, -0.05) is 6.92 Å². The molecule has 3 aromatic heterocycles. The highest BCUT2D eigenvalue weighted by Crippen LogP contribution is 2.28. The van der Waals surface area contributed by atoms with Gasteiger partial charge in [0, 0.05) is 17.3 Å². The van der Waals surface area contributed by atoms with E-state index < -0.39 is 0 Å². The lowest BCUT2D eigenvalue weighted by Crippen LogP contribution is -2.05. The average Bonchev–Trinajstić information content (AvgIpc) is 2.90. The number of nitrogens with zero attached hydrogens (tertiary/aromatic N) is 4. The summed E-state index contributed by atoms with van der Waals surface area (Å²) in [6.07, 6.45) is 6.08. The quantitative estimate of drug-likeness (QED) is 0.790. The fourth-order valence-electron chi connectivity index (χ4n) is 1.80. The molecule has 0 aromatic carbocycles. The normalized spacial score (nSPS) is 10.8. The average molecular weight is 271 g/mol. The van der Waals surface area contributed by atoms with Crippen LogP contribution in [0.3, 0.4) is 0 Å². The van der Waals surface area contributed by atoms with Crippen molar-refractivity contribution in [2.24, 2.45) is 0 Å². The van der Waals surface area contributed by atoms with Crippen molar-refractivity contribution in [3.63, 3.8) is 0 Å². The van der Waals surface area contributed by atoms with Crippen LogP contribution in [-0.2, 0) is 13.0 Å². The first-order valence-corrected chi connectivity index (χ1v) is 6.91. The number of hydrogen-bond acceptors (Lipinski definition) is 6. The molecule has 0 aliphatic rings. The number of fused-ring (bicyclic) bond motifs is 1. The van der Waals surface area contributed by atoms with Gasteiger partial charge in [-0.2, -0.15) is 0 Å². The molecule has 0 amide bonds. The molecule has 0 atom stereocenters. The fourth-order valence-corrected chi connectivity index (χ4v) is 2.74. The SMILES string of the molecule is CCc1cc2c(NCc3ncccn3)ncnc2s1. The second-order valence-electron chi connectivity index (χ2n) is 4.03. The molecule has 0 unspecified atom stereocenters. The second kappa shape index (κ2) is 5.27. The summed E-state index contributed by atoms with van der Waals surface area (Å²) >= 11 is 1.71. The minimum Gasteiger partial charge on any atom is -0.362 e. The Kier molecular flexibility index (Phi) is 3.33. The van der Waals surface area contributed by atoms with Gasteiger partial charge in [-0.15, -0.1) is 11.3 Å². The van der Waals surface area contributed by atoms with Gasteiger partial charge in [-0.25, -0.2) is 19.9 Å². The maximum atomic E-state index is 4.30. The van der Waals surface area contributed by atoms with E-state index in [0.29, 0.717) is 6.54 Å². The number of anilines is 1. The zero-order valence-corrected chi connectivity index (χ0v) is 11.3. The van der Waals surface area contributed by atoms with E-state index in [0.717, 1.165) is 28.3 Å². The summed E-state index contributed by atoms with van der Waals surface area (Å²) in [4.78, 5) is 19.3. The topological polar surface area (TPSA) is 63.6 Å². The van der Waals surface area contributed by atoms with Gasteiger partial charge in [0.2, 0.25) is 0 Å².